The number of carbonyl (C=O) groups excluding carboxylic acids is 2. The van der Waals surface area contributed by atoms with E-state index in [9.17, 15) is 9.59 Å². The molecule has 0 aliphatic rings. The zero-order chi connectivity index (χ0) is 35.0. The molecular formula is C43H76O5. The van der Waals surface area contributed by atoms with Crippen LogP contribution in [-0.2, 0) is 23.8 Å². The van der Waals surface area contributed by atoms with Crippen molar-refractivity contribution in [3.8, 4) is 0 Å². The molecule has 0 aliphatic carbocycles. The summed E-state index contributed by atoms with van der Waals surface area (Å²) in [5.74, 6) is -0.421. The summed E-state index contributed by atoms with van der Waals surface area (Å²) >= 11 is 0. The normalized spacial score (nSPS) is 12.6. The molecule has 0 aromatic heterocycles. The highest BCUT2D eigenvalue weighted by Gasteiger charge is 2.17. The van der Waals surface area contributed by atoms with Gasteiger partial charge in [-0.3, -0.25) is 9.59 Å². The fraction of sp³-hybridized carbons (Fsp3) is 0.767. The standard InChI is InChI=1S/C43H76O5/c1-4-7-10-13-16-17-18-19-20-21-22-23-24-25-26-29-32-35-38-46-39-41(48-43(45)37-34-31-28-15-12-9-6-3)40-47-42(44)36-33-30-27-14-11-8-5-2/h7,10,16-17,19-20,22-23,41H,4-6,8-9,11-15,18,21,24-40H2,1-3H3/b10-7-,17-16-,20-19-,23-22-. The molecule has 0 radical (unpaired) electrons. The lowest BCUT2D eigenvalue weighted by atomic mass is 10.1. The van der Waals surface area contributed by atoms with Crippen LogP contribution < -0.4 is 0 Å². The number of esters is 2. The molecule has 5 nitrogen and oxygen atoms in total. The van der Waals surface area contributed by atoms with Crippen molar-refractivity contribution in [1.82, 2.24) is 0 Å². The molecule has 1 unspecified atom stereocenters. The van der Waals surface area contributed by atoms with Gasteiger partial charge in [0.2, 0.25) is 0 Å². The second kappa shape index (κ2) is 39.3. The van der Waals surface area contributed by atoms with Crippen LogP contribution in [0.25, 0.3) is 0 Å². The van der Waals surface area contributed by atoms with Gasteiger partial charge in [-0.1, -0.05) is 166 Å². The molecule has 0 aliphatic heterocycles. The third kappa shape index (κ3) is 36.7. The summed E-state index contributed by atoms with van der Waals surface area (Å²) in [7, 11) is 0. The van der Waals surface area contributed by atoms with Crippen molar-refractivity contribution in [2.45, 2.75) is 194 Å². The summed E-state index contributed by atoms with van der Waals surface area (Å²) in [4.78, 5) is 24.9. The molecule has 0 spiro atoms. The molecule has 278 valence electrons. The van der Waals surface area contributed by atoms with Crippen molar-refractivity contribution in [2.24, 2.45) is 0 Å². The molecule has 0 heterocycles. The van der Waals surface area contributed by atoms with Gasteiger partial charge in [0, 0.05) is 19.4 Å². The first-order valence-electron chi connectivity index (χ1n) is 20.2. The van der Waals surface area contributed by atoms with Crippen LogP contribution >= 0.6 is 0 Å². The molecule has 0 rings (SSSR count). The molecule has 0 aromatic carbocycles. The summed E-state index contributed by atoms with van der Waals surface area (Å²) < 4.78 is 17.1. The molecular weight excluding hydrogens is 596 g/mol. The van der Waals surface area contributed by atoms with Gasteiger partial charge in [-0.15, -0.1) is 0 Å². The molecule has 1 atom stereocenters. The number of hydrogen-bond acceptors (Lipinski definition) is 5. The Hall–Kier alpha value is -2.14. The van der Waals surface area contributed by atoms with Crippen molar-refractivity contribution >= 4 is 11.9 Å². The number of unbranched alkanes of at least 4 members (excludes halogenated alkanes) is 17. The van der Waals surface area contributed by atoms with E-state index >= 15 is 0 Å². The summed E-state index contributed by atoms with van der Waals surface area (Å²) in [5, 5.41) is 0. The zero-order valence-electron chi connectivity index (χ0n) is 31.7. The minimum atomic E-state index is -0.536. The average molecular weight is 673 g/mol. The third-order valence-corrected chi connectivity index (χ3v) is 8.38. The van der Waals surface area contributed by atoms with Crippen molar-refractivity contribution in [1.29, 1.82) is 0 Å². The molecule has 0 saturated heterocycles. The molecule has 0 fully saturated rings. The summed E-state index contributed by atoms with van der Waals surface area (Å²) in [6.07, 6.45) is 45.5. The minimum Gasteiger partial charge on any atom is -0.462 e. The summed E-state index contributed by atoms with van der Waals surface area (Å²) in [6, 6.07) is 0. The van der Waals surface area contributed by atoms with Gasteiger partial charge in [-0.2, -0.15) is 0 Å². The largest absolute Gasteiger partial charge is 0.462 e. The van der Waals surface area contributed by atoms with Crippen LogP contribution in [0, 0.1) is 0 Å². The van der Waals surface area contributed by atoms with Crippen molar-refractivity contribution < 1.29 is 23.8 Å². The Bertz CT molecular complexity index is 812. The molecule has 0 aromatic rings. The molecule has 0 saturated carbocycles. The predicted molar refractivity (Wildman–Crippen MR) is 205 cm³/mol. The lowest BCUT2D eigenvalue weighted by Crippen LogP contribution is -2.30. The van der Waals surface area contributed by atoms with E-state index in [1.165, 1.54) is 83.5 Å². The second-order valence-electron chi connectivity index (χ2n) is 13.2. The van der Waals surface area contributed by atoms with Crippen LogP contribution in [0.3, 0.4) is 0 Å². The van der Waals surface area contributed by atoms with Crippen LogP contribution in [0.1, 0.15) is 188 Å². The molecule has 0 amide bonds. The van der Waals surface area contributed by atoms with Crippen LogP contribution in [0.15, 0.2) is 48.6 Å². The summed E-state index contributed by atoms with van der Waals surface area (Å²) in [5.41, 5.74) is 0. The van der Waals surface area contributed by atoms with Gasteiger partial charge in [-0.05, 0) is 57.8 Å². The number of ether oxygens (including phenoxy) is 3. The highest BCUT2D eigenvalue weighted by molar-refractivity contribution is 5.70. The Kier molecular flexibility index (Phi) is 37.5. The number of carbonyl (C=O) groups is 2. The average Bonchev–Trinajstić information content (AvgIpc) is 3.08. The van der Waals surface area contributed by atoms with E-state index in [0.717, 1.165) is 70.6 Å². The highest BCUT2D eigenvalue weighted by Crippen LogP contribution is 2.12. The maximum absolute atomic E-state index is 12.5. The first-order valence-corrected chi connectivity index (χ1v) is 20.2. The van der Waals surface area contributed by atoms with Gasteiger partial charge in [0.1, 0.15) is 6.61 Å². The van der Waals surface area contributed by atoms with E-state index in [0.29, 0.717) is 19.4 Å². The van der Waals surface area contributed by atoms with Gasteiger partial charge in [0.05, 0.1) is 6.61 Å². The van der Waals surface area contributed by atoms with E-state index in [2.05, 4.69) is 69.4 Å². The maximum atomic E-state index is 12.5. The van der Waals surface area contributed by atoms with E-state index < -0.39 is 6.10 Å². The topological polar surface area (TPSA) is 61.8 Å². The third-order valence-electron chi connectivity index (χ3n) is 8.38. The number of rotatable bonds is 36. The van der Waals surface area contributed by atoms with Gasteiger partial charge in [-0.25, -0.2) is 0 Å². The fourth-order valence-corrected chi connectivity index (χ4v) is 5.38. The van der Waals surface area contributed by atoms with Crippen LogP contribution in [0.4, 0.5) is 0 Å². The smallest absolute Gasteiger partial charge is 0.306 e. The van der Waals surface area contributed by atoms with Gasteiger partial charge in [0.25, 0.3) is 0 Å². The first-order chi connectivity index (χ1) is 23.6. The van der Waals surface area contributed by atoms with Crippen LogP contribution in [-0.4, -0.2) is 37.9 Å². The fourth-order valence-electron chi connectivity index (χ4n) is 5.38. The SMILES string of the molecule is CC/C=C\C/C=C\C/C=C\C/C=C\CCCCCCCOCC(COC(=O)CCCCCCCCC)OC(=O)CCCCCCCCC. The minimum absolute atomic E-state index is 0.0788. The van der Waals surface area contributed by atoms with E-state index in [-0.39, 0.29) is 25.2 Å². The predicted octanol–water partition coefficient (Wildman–Crippen LogP) is 12.9. The maximum Gasteiger partial charge on any atom is 0.306 e. The lowest BCUT2D eigenvalue weighted by Gasteiger charge is -2.18. The quantitative estimate of drug-likeness (QED) is 0.0376. The Morgan fingerprint density at radius 1 is 0.479 bits per heavy atom. The van der Waals surface area contributed by atoms with Crippen molar-refractivity contribution in [2.75, 3.05) is 19.8 Å². The van der Waals surface area contributed by atoms with Gasteiger partial charge >= 0.3 is 11.9 Å². The molecule has 48 heavy (non-hydrogen) atoms. The van der Waals surface area contributed by atoms with Crippen LogP contribution in [0.2, 0.25) is 0 Å². The Balaban J connectivity index is 4.15. The molecule has 5 heteroatoms. The molecule has 0 N–H and O–H groups in total. The Morgan fingerprint density at radius 2 is 0.938 bits per heavy atom. The van der Waals surface area contributed by atoms with Crippen molar-refractivity contribution in [3.63, 3.8) is 0 Å². The van der Waals surface area contributed by atoms with E-state index in [1.807, 2.05) is 0 Å². The Labute approximate surface area is 297 Å². The number of allylic oxidation sites excluding steroid dienone is 8. The summed E-state index contributed by atoms with van der Waals surface area (Å²) in [6.45, 7) is 7.59. The van der Waals surface area contributed by atoms with Crippen molar-refractivity contribution in [3.05, 3.63) is 48.6 Å². The van der Waals surface area contributed by atoms with Gasteiger partial charge < -0.3 is 14.2 Å². The highest BCUT2D eigenvalue weighted by atomic mass is 16.6. The Morgan fingerprint density at radius 3 is 1.50 bits per heavy atom. The lowest BCUT2D eigenvalue weighted by molar-refractivity contribution is -0.163. The van der Waals surface area contributed by atoms with Gasteiger partial charge in [0.15, 0.2) is 6.10 Å². The molecule has 0 bridgehead atoms. The first kappa shape index (κ1) is 45.9. The second-order valence-corrected chi connectivity index (χ2v) is 13.2. The monoisotopic (exact) mass is 673 g/mol. The van der Waals surface area contributed by atoms with E-state index in [4.69, 9.17) is 14.2 Å². The zero-order valence-corrected chi connectivity index (χ0v) is 31.7. The van der Waals surface area contributed by atoms with Crippen LogP contribution in [0.5, 0.6) is 0 Å². The van der Waals surface area contributed by atoms with E-state index in [1.54, 1.807) is 0 Å². The number of hydrogen-bond donors (Lipinski definition) is 0.